The number of aliphatic hydroxyl groups is 1. The summed E-state index contributed by atoms with van der Waals surface area (Å²) >= 11 is 0. The summed E-state index contributed by atoms with van der Waals surface area (Å²) in [6, 6.07) is 0.775. The monoisotopic (exact) mass is 241 g/mol. The van der Waals surface area contributed by atoms with Gasteiger partial charge in [0.2, 0.25) is 0 Å². The van der Waals surface area contributed by atoms with Crippen LogP contribution >= 0.6 is 0 Å². The molecule has 2 nitrogen and oxygen atoms in total. The lowest BCUT2D eigenvalue weighted by atomic mass is 9.84. The molecule has 1 N–H and O–H groups in total. The zero-order valence-corrected chi connectivity index (χ0v) is 12.0. The molecule has 0 aliphatic carbocycles. The lowest BCUT2D eigenvalue weighted by Crippen LogP contribution is -2.46. The van der Waals surface area contributed by atoms with Crippen LogP contribution in [0.25, 0.3) is 0 Å². The lowest BCUT2D eigenvalue weighted by Gasteiger charge is -2.41. The van der Waals surface area contributed by atoms with Crippen molar-refractivity contribution < 1.29 is 5.11 Å². The molecule has 2 atom stereocenters. The summed E-state index contributed by atoms with van der Waals surface area (Å²) in [4.78, 5) is 2.65. The second kappa shape index (κ2) is 7.38. The van der Waals surface area contributed by atoms with Crippen LogP contribution in [-0.4, -0.2) is 35.7 Å². The minimum Gasteiger partial charge on any atom is -0.396 e. The van der Waals surface area contributed by atoms with Crippen LogP contribution in [0.1, 0.15) is 65.7 Å². The highest BCUT2D eigenvalue weighted by molar-refractivity contribution is 4.83. The second-order valence-electron chi connectivity index (χ2n) is 6.13. The molecule has 1 aliphatic rings. The minimum atomic E-state index is 0.109. The number of hydrogen-bond donors (Lipinski definition) is 1. The van der Waals surface area contributed by atoms with Gasteiger partial charge in [-0.3, -0.25) is 4.90 Å². The molecule has 1 heterocycles. The van der Waals surface area contributed by atoms with Gasteiger partial charge in [-0.2, -0.15) is 0 Å². The van der Waals surface area contributed by atoms with E-state index in [2.05, 4.69) is 25.7 Å². The largest absolute Gasteiger partial charge is 0.396 e. The van der Waals surface area contributed by atoms with Crippen molar-refractivity contribution in [2.24, 2.45) is 5.41 Å². The molecule has 1 rings (SSSR count). The number of piperidine rings is 1. The van der Waals surface area contributed by atoms with E-state index in [0.717, 1.165) is 19.0 Å². The van der Waals surface area contributed by atoms with Crippen LogP contribution in [0, 0.1) is 5.41 Å². The summed E-state index contributed by atoms with van der Waals surface area (Å²) in [5.74, 6) is 0. The quantitative estimate of drug-likeness (QED) is 0.738. The second-order valence-corrected chi connectivity index (χ2v) is 6.13. The first kappa shape index (κ1) is 15.0. The third-order valence-corrected chi connectivity index (χ3v) is 4.19. The maximum Gasteiger partial charge on any atom is 0.0497 e. The topological polar surface area (TPSA) is 23.5 Å². The van der Waals surface area contributed by atoms with Crippen molar-refractivity contribution in [3.63, 3.8) is 0 Å². The molecule has 0 amide bonds. The van der Waals surface area contributed by atoms with E-state index < -0.39 is 0 Å². The smallest absolute Gasteiger partial charge is 0.0497 e. The van der Waals surface area contributed by atoms with Gasteiger partial charge in [-0.15, -0.1) is 0 Å². The van der Waals surface area contributed by atoms with E-state index in [9.17, 15) is 5.11 Å². The van der Waals surface area contributed by atoms with Gasteiger partial charge in [0.05, 0.1) is 0 Å². The van der Waals surface area contributed by atoms with Crippen LogP contribution in [0.4, 0.5) is 0 Å². The van der Waals surface area contributed by atoms with E-state index in [1.54, 1.807) is 0 Å². The zero-order chi connectivity index (χ0) is 12.7. The molecule has 1 saturated heterocycles. The van der Waals surface area contributed by atoms with Gasteiger partial charge >= 0.3 is 0 Å². The Kier molecular flexibility index (Phi) is 6.50. The predicted octanol–water partition coefficient (Wildman–Crippen LogP) is 3.44. The molecule has 2 heteroatoms. The Bertz CT molecular complexity index is 205. The Morgan fingerprint density at radius 2 is 2.00 bits per heavy atom. The maximum atomic E-state index is 9.64. The molecule has 1 fully saturated rings. The number of rotatable bonds is 7. The Morgan fingerprint density at radius 1 is 1.24 bits per heavy atom. The highest BCUT2D eigenvalue weighted by Gasteiger charge is 2.30. The molecule has 0 aromatic heterocycles. The van der Waals surface area contributed by atoms with Crippen molar-refractivity contribution in [3.05, 3.63) is 0 Å². The Labute approximate surface area is 107 Å². The normalized spacial score (nSPS) is 25.8. The summed E-state index contributed by atoms with van der Waals surface area (Å²) in [5, 5.41) is 9.64. The van der Waals surface area contributed by atoms with Crippen LogP contribution in [-0.2, 0) is 0 Å². The van der Waals surface area contributed by atoms with E-state index in [1.807, 2.05) is 0 Å². The lowest BCUT2D eigenvalue weighted by molar-refractivity contribution is 0.0410. The fraction of sp³-hybridized carbons (Fsp3) is 1.00. The average molecular weight is 241 g/mol. The molecule has 0 aromatic carbocycles. The Balaban J connectivity index is 2.55. The highest BCUT2D eigenvalue weighted by Crippen LogP contribution is 2.29. The van der Waals surface area contributed by atoms with Gasteiger partial charge in [0.15, 0.2) is 0 Å². The minimum absolute atomic E-state index is 0.109. The Morgan fingerprint density at radius 3 is 2.59 bits per heavy atom. The van der Waals surface area contributed by atoms with Crippen molar-refractivity contribution >= 4 is 0 Å². The van der Waals surface area contributed by atoms with Crippen molar-refractivity contribution in [2.45, 2.75) is 71.8 Å². The molecule has 17 heavy (non-hydrogen) atoms. The van der Waals surface area contributed by atoms with Gasteiger partial charge in [0.1, 0.15) is 0 Å². The fourth-order valence-corrected chi connectivity index (χ4v) is 3.23. The van der Waals surface area contributed by atoms with Crippen molar-refractivity contribution in [1.82, 2.24) is 4.90 Å². The molecule has 0 spiro atoms. The standard InChI is InChI=1S/C15H31NO/c1-4-8-14-9-6-7-11-16(14)12-15(3,13-17)10-5-2/h14,17H,4-13H2,1-3H3. The van der Waals surface area contributed by atoms with Crippen LogP contribution < -0.4 is 0 Å². The highest BCUT2D eigenvalue weighted by atomic mass is 16.3. The molecule has 0 saturated carbocycles. The van der Waals surface area contributed by atoms with E-state index >= 15 is 0 Å². The first-order chi connectivity index (χ1) is 8.15. The average Bonchev–Trinajstić information content (AvgIpc) is 2.32. The number of hydrogen-bond acceptors (Lipinski definition) is 2. The SMILES string of the molecule is CCCC1CCCCN1CC(C)(CO)CCC. The summed E-state index contributed by atoms with van der Waals surface area (Å²) in [6.45, 7) is 9.40. The van der Waals surface area contributed by atoms with Crippen LogP contribution in [0.15, 0.2) is 0 Å². The molecule has 0 bridgehead atoms. The summed E-state index contributed by atoms with van der Waals surface area (Å²) in [5.41, 5.74) is 0.109. The van der Waals surface area contributed by atoms with Crippen molar-refractivity contribution in [1.29, 1.82) is 0 Å². The fourth-order valence-electron chi connectivity index (χ4n) is 3.23. The number of aliphatic hydroxyl groups excluding tert-OH is 1. The Hall–Kier alpha value is -0.0800. The zero-order valence-electron chi connectivity index (χ0n) is 12.0. The van der Waals surface area contributed by atoms with Crippen LogP contribution in [0.2, 0.25) is 0 Å². The van der Waals surface area contributed by atoms with Gasteiger partial charge in [-0.25, -0.2) is 0 Å². The summed E-state index contributed by atoms with van der Waals surface area (Å²) in [6.07, 6.45) is 9.01. The van der Waals surface area contributed by atoms with Crippen molar-refractivity contribution in [3.8, 4) is 0 Å². The molecule has 2 unspecified atom stereocenters. The molecular weight excluding hydrogens is 210 g/mol. The van der Waals surface area contributed by atoms with E-state index in [0.29, 0.717) is 6.61 Å². The van der Waals surface area contributed by atoms with E-state index in [4.69, 9.17) is 0 Å². The van der Waals surface area contributed by atoms with Gasteiger partial charge in [0, 0.05) is 24.6 Å². The van der Waals surface area contributed by atoms with Gasteiger partial charge in [-0.05, 0) is 32.2 Å². The van der Waals surface area contributed by atoms with Crippen LogP contribution in [0.3, 0.4) is 0 Å². The first-order valence-corrected chi connectivity index (χ1v) is 7.50. The molecular formula is C15H31NO. The first-order valence-electron chi connectivity index (χ1n) is 7.50. The maximum absolute atomic E-state index is 9.64. The third kappa shape index (κ3) is 4.59. The number of likely N-dealkylation sites (tertiary alicyclic amines) is 1. The summed E-state index contributed by atoms with van der Waals surface area (Å²) in [7, 11) is 0. The number of nitrogens with zero attached hydrogens (tertiary/aromatic N) is 1. The van der Waals surface area contributed by atoms with Crippen LogP contribution in [0.5, 0.6) is 0 Å². The molecule has 1 aliphatic heterocycles. The molecule has 102 valence electrons. The van der Waals surface area contributed by atoms with Gasteiger partial charge in [0.25, 0.3) is 0 Å². The summed E-state index contributed by atoms with van der Waals surface area (Å²) < 4.78 is 0. The molecule has 0 radical (unpaired) electrons. The van der Waals surface area contributed by atoms with Gasteiger partial charge < -0.3 is 5.11 Å². The van der Waals surface area contributed by atoms with E-state index in [1.165, 1.54) is 45.1 Å². The van der Waals surface area contributed by atoms with Crippen molar-refractivity contribution in [2.75, 3.05) is 19.7 Å². The predicted molar refractivity (Wildman–Crippen MR) is 74.2 cm³/mol. The van der Waals surface area contributed by atoms with Gasteiger partial charge in [-0.1, -0.05) is 40.0 Å². The van der Waals surface area contributed by atoms with E-state index in [-0.39, 0.29) is 5.41 Å². The third-order valence-electron chi connectivity index (χ3n) is 4.19. The molecule has 0 aromatic rings.